The van der Waals surface area contributed by atoms with E-state index in [4.69, 9.17) is 4.74 Å². The van der Waals surface area contributed by atoms with E-state index < -0.39 is 12.0 Å². The van der Waals surface area contributed by atoms with Crippen LogP contribution in [0.25, 0.3) is 10.9 Å². The zero-order valence-electron chi connectivity index (χ0n) is 17.0. The lowest BCUT2D eigenvalue weighted by molar-refractivity contribution is -0.137. The molecule has 0 radical (unpaired) electrons. The second kappa shape index (κ2) is 8.75. The molecule has 0 aliphatic heterocycles. The number of aliphatic carboxylic acids is 1. The van der Waals surface area contributed by atoms with E-state index in [0.29, 0.717) is 22.5 Å². The number of fused-ring (bicyclic) bond motifs is 1. The molecule has 3 aromatic carbocycles. The van der Waals surface area contributed by atoms with Gasteiger partial charge in [0.05, 0.1) is 12.8 Å². The summed E-state index contributed by atoms with van der Waals surface area (Å²) in [5.41, 5.74) is 2.67. The standard InChI is InChI=1S/C25H22N2O4/c1-31-22-14-8-6-12-20(22)26-24(17-9-3-2-4-10-17)25(30)19-15-27(16-23(28)29)21-13-7-5-11-18(19)21/h2-15,24,26H,16H2,1H3,(H,28,29). The van der Waals surface area contributed by atoms with Crippen LogP contribution in [-0.2, 0) is 11.3 Å². The van der Waals surface area contributed by atoms with E-state index in [2.05, 4.69) is 5.32 Å². The summed E-state index contributed by atoms with van der Waals surface area (Å²) in [5.74, 6) is -0.492. The van der Waals surface area contributed by atoms with Crippen molar-refractivity contribution in [1.29, 1.82) is 0 Å². The molecule has 1 unspecified atom stereocenters. The molecular formula is C25H22N2O4. The van der Waals surface area contributed by atoms with Crippen LogP contribution in [0.1, 0.15) is 22.0 Å². The Bertz CT molecular complexity index is 1230. The molecule has 1 atom stereocenters. The first kappa shape index (κ1) is 20.2. The number of carboxylic acids is 1. The summed E-state index contributed by atoms with van der Waals surface area (Å²) in [7, 11) is 1.58. The minimum absolute atomic E-state index is 0.155. The van der Waals surface area contributed by atoms with Crippen LogP contribution >= 0.6 is 0 Å². The first-order valence-corrected chi connectivity index (χ1v) is 9.87. The van der Waals surface area contributed by atoms with Crippen LogP contribution in [0, 0.1) is 0 Å². The number of anilines is 1. The third-order valence-electron chi connectivity index (χ3n) is 5.16. The molecule has 6 heteroatoms. The molecule has 0 bridgehead atoms. The molecule has 0 saturated carbocycles. The van der Waals surface area contributed by atoms with Gasteiger partial charge in [-0.15, -0.1) is 0 Å². The van der Waals surface area contributed by atoms with Crippen molar-refractivity contribution >= 4 is 28.3 Å². The van der Waals surface area contributed by atoms with Crippen LogP contribution in [0.3, 0.4) is 0 Å². The van der Waals surface area contributed by atoms with E-state index >= 15 is 0 Å². The van der Waals surface area contributed by atoms with Gasteiger partial charge in [-0.05, 0) is 23.8 Å². The summed E-state index contributed by atoms with van der Waals surface area (Å²) in [6.45, 7) is -0.219. The Morgan fingerprint density at radius 2 is 1.65 bits per heavy atom. The fourth-order valence-electron chi connectivity index (χ4n) is 3.74. The highest BCUT2D eigenvalue weighted by Gasteiger charge is 2.26. The smallest absolute Gasteiger partial charge is 0.323 e. The average Bonchev–Trinajstić information content (AvgIpc) is 3.16. The maximum atomic E-state index is 13.8. The van der Waals surface area contributed by atoms with Crippen LogP contribution in [0.15, 0.2) is 85.1 Å². The summed E-state index contributed by atoms with van der Waals surface area (Å²) in [5, 5.41) is 13.3. The molecule has 2 N–H and O–H groups in total. The van der Waals surface area contributed by atoms with Gasteiger partial charge in [0.25, 0.3) is 0 Å². The Morgan fingerprint density at radius 3 is 2.39 bits per heavy atom. The lowest BCUT2D eigenvalue weighted by Crippen LogP contribution is -2.21. The Labute approximate surface area is 179 Å². The van der Waals surface area contributed by atoms with Gasteiger partial charge in [0, 0.05) is 22.7 Å². The van der Waals surface area contributed by atoms with E-state index in [0.717, 1.165) is 10.9 Å². The molecule has 0 amide bonds. The molecule has 1 aromatic heterocycles. The normalized spacial score (nSPS) is 11.8. The Kier molecular flexibility index (Phi) is 5.71. The van der Waals surface area contributed by atoms with Crippen molar-refractivity contribution < 1.29 is 19.4 Å². The number of methoxy groups -OCH3 is 1. The summed E-state index contributed by atoms with van der Waals surface area (Å²) in [6, 6.07) is 23.5. The van der Waals surface area contributed by atoms with Crippen molar-refractivity contribution in [3.8, 4) is 5.75 Å². The number of ether oxygens (including phenoxy) is 1. The minimum atomic E-state index is -0.966. The van der Waals surface area contributed by atoms with Crippen LogP contribution < -0.4 is 10.1 Å². The van der Waals surface area contributed by atoms with Crippen molar-refractivity contribution in [3.05, 3.63) is 96.2 Å². The molecule has 0 fully saturated rings. The minimum Gasteiger partial charge on any atom is -0.495 e. The van der Waals surface area contributed by atoms with Crippen LogP contribution in [0.2, 0.25) is 0 Å². The number of carboxylic acid groups (broad SMARTS) is 1. The molecule has 6 nitrogen and oxygen atoms in total. The summed E-state index contributed by atoms with van der Waals surface area (Å²) in [4.78, 5) is 25.1. The third-order valence-corrected chi connectivity index (χ3v) is 5.16. The molecule has 0 saturated heterocycles. The fraction of sp³-hybridized carbons (Fsp3) is 0.120. The molecule has 0 aliphatic carbocycles. The van der Waals surface area contributed by atoms with Gasteiger partial charge in [0.15, 0.2) is 5.78 Å². The van der Waals surface area contributed by atoms with E-state index in [1.807, 2.05) is 78.9 Å². The summed E-state index contributed by atoms with van der Waals surface area (Å²) >= 11 is 0. The predicted octanol–water partition coefficient (Wildman–Crippen LogP) is 4.77. The quantitative estimate of drug-likeness (QED) is 0.406. The molecule has 4 aromatic rings. The first-order valence-electron chi connectivity index (χ1n) is 9.87. The second-order valence-corrected chi connectivity index (χ2v) is 7.13. The highest BCUT2D eigenvalue weighted by Crippen LogP contribution is 2.32. The zero-order chi connectivity index (χ0) is 21.8. The molecule has 31 heavy (non-hydrogen) atoms. The van der Waals surface area contributed by atoms with E-state index in [-0.39, 0.29) is 12.3 Å². The highest BCUT2D eigenvalue weighted by atomic mass is 16.5. The number of para-hydroxylation sites is 3. The van der Waals surface area contributed by atoms with Gasteiger partial charge in [-0.2, -0.15) is 0 Å². The predicted molar refractivity (Wildman–Crippen MR) is 120 cm³/mol. The van der Waals surface area contributed by atoms with Crippen LogP contribution in [0.5, 0.6) is 5.75 Å². The maximum Gasteiger partial charge on any atom is 0.323 e. The van der Waals surface area contributed by atoms with Gasteiger partial charge in [-0.3, -0.25) is 9.59 Å². The van der Waals surface area contributed by atoms with E-state index in [1.54, 1.807) is 17.9 Å². The molecule has 4 rings (SSSR count). The molecule has 1 heterocycles. The molecule has 0 aliphatic rings. The average molecular weight is 414 g/mol. The number of benzene rings is 3. The van der Waals surface area contributed by atoms with Gasteiger partial charge in [-0.25, -0.2) is 0 Å². The highest BCUT2D eigenvalue weighted by molar-refractivity contribution is 6.11. The molecular weight excluding hydrogens is 392 g/mol. The number of Topliss-reactive ketones (excluding diaryl/α,β-unsaturated/α-hetero) is 1. The molecule has 156 valence electrons. The van der Waals surface area contributed by atoms with Crippen LogP contribution in [0.4, 0.5) is 5.69 Å². The van der Waals surface area contributed by atoms with Gasteiger partial charge < -0.3 is 19.7 Å². The van der Waals surface area contributed by atoms with Gasteiger partial charge >= 0.3 is 5.97 Å². The first-order chi connectivity index (χ1) is 15.1. The van der Waals surface area contributed by atoms with Gasteiger partial charge in [-0.1, -0.05) is 60.7 Å². The lowest BCUT2D eigenvalue weighted by atomic mass is 9.96. The summed E-state index contributed by atoms with van der Waals surface area (Å²) in [6.07, 6.45) is 1.63. The Morgan fingerprint density at radius 1 is 0.968 bits per heavy atom. The Balaban J connectivity index is 1.81. The SMILES string of the molecule is COc1ccccc1NC(C(=O)c1cn(CC(=O)O)c2ccccc12)c1ccccc1. The number of aromatic nitrogens is 1. The van der Waals surface area contributed by atoms with E-state index in [1.165, 1.54) is 0 Å². The number of nitrogens with one attached hydrogen (secondary N) is 1. The number of carbonyl (C=O) groups excluding carboxylic acids is 1. The molecule has 0 spiro atoms. The number of ketones is 1. The van der Waals surface area contributed by atoms with Gasteiger partial charge in [0.1, 0.15) is 18.3 Å². The number of hydrogen-bond donors (Lipinski definition) is 2. The van der Waals surface area contributed by atoms with E-state index in [9.17, 15) is 14.7 Å². The van der Waals surface area contributed by atoms with Crippen LogP contribution in [-0.4, -0.2) is 28.5 Å². The number of hydrogen-bond acceptors (Lipinski definition) is 4. The zero-order valence-corrected chi connectivity index (χ0v) is 17.0. The van der Waals surface area contributed by atoms with Crippen molar-refractivity contribution in [2.45, 2.75) is 12.6 Å². The second-order valence-electron chi connectivity index (χ2n) is 7.13. The van der Waals surface area contributed by atoms with Crippen molar-refractivity contribution in [2.24, 2.45) is 0 Å². The monoisotopic (exact) mass is 414 g/mol. The van der Waals surface area contributed by atoms with Crippen molar-refractivity contribution in [2.75, 3.05) is 12.4 Å². The van der Waals surface area contributed by atoms with Crippen molar-refractivity contribution in [1.82, 2.24) is 4.57 Å². The topological polar surface area (TPSA) is 80.6 Å². The Hall–Kier alpha value is -4.06. The number of carbonyl (C=O) groups is 2. The fourth-order valence-corrected chi connectivity index (χ4v) is 3.74. The largest absolute Gasteiger partial charge is 0.495 e. The maximum absolute atomic E-state index is 13.8. The number of nitrogens with zero attached hydrogens (tertiary/aromatic N) is 1. The lowest BCUT2D eigenvalue weighted by Gasteiger charge is -2.20. The van der Waals surface area contributed by atoms with Gasteiger partial charge in [0.2, 0.25) is 0 Å². The summed E-state index contributed by atoms with van der Waals surface area (Å²) < 4.78 is 7.04. The third kappa shape index (κ3) is 4.14. The van der Waals surface area contributed by atoms with Crippen molar-refractivity contribution in [3.63, 3.8) is 0 Å². The number of rotatable bonds is 8.